The maximum Gasteiger partial charge on any atom is 0.162 e. The number of hydrogen-bond donors (Lipinski definition) is 1. The van der Waals surface area contributed by atoms with Crippen LogP contribution in [-0.4, -0.2) is 18.9 Å². The highest BCUT2D eigenvalue weighted by atomic mass is 16.1. The van der Waals surface area contributed by atoms with Gasteiger partial charge in [0.1, 0.15) is 0 Å². The Balaban J connectivity index is 2.66. The van der Waals surface area contributed by atoms with Crippen molar-refractivity contribution in [1.82, 2.24) is 5.32 Å². The number of nitrogens with one attached hydrogen (secondary N) is 1. The first-order valence-electron chi connectivity index (χ1n) is 3.57. The molecule has 0 aliphatic carbocycles. The summed E-state index contributed by atoms with van der Waals surface area (Å²) >= 11 is 0. The van der Waals surface area contributed by atoms with E-state index in [2.05, 4.69) is 11.9 Å². The van der Waals surface area contributed by atoms with Gasteiger partial charge in [0.2, 0.25) is 0 Å². The van der Waals surface area contributed by atoms with E-state index in [4.69, 9.17) is 0 Å². The first-order valence-corrected chi connectivity index (χ1v) is 3.57. The van der Waals surface area contributed by atoms with Gasteiger partial charge in [-0.3, -0.25) is 4.79 Å². The van der Waals surface area contributed by atoms with Crippen molar-refractivity contribution in [3.8, 4) is 0 Å². The van der Waals surface area contributed by atoms with Crippen molar-refractivity contribution < 1.29 is 4.79 Å². The minimum Gasteiger partial charge on any atom is -0.316 e. The molecule has 0 spiro atoms. The molecule has 0 saturated carbocycles. The number of carbonyl (C=O) groups excluding carboxylic acids is 1. The summed E-state index contributed by atoms with van der Waals surface area (Å²) in [5.74, 6) is 0.164. The summed E-state index contributed by atoms with van der Waals surface area (Å²) in [4.78, 5) is 11.2. The third-order valence-electron chi connectivity index (χ3n) is 2.15. The molecule has 1 N–H and O–H groups in total. The van der Waals surface area contributed by atoms with E-state index in [-0.39, 0.29) is 11.2 Å². The lowest BCUT2D eigenvalue weighted by Crippen LogP contribution is -2.28. The molecule has 1 saturated heterocycles. The fraction of sp³-hybridized carbons (Fsp3) is 0.625. The molecule has 1 atom stereocenters. The molecular formula is C8H13NO. The summed E-state index contributed by atoms with van der Waals surface area (Å²) in [7, 11) is 0. The SMILES string of the molecule is C=CC(=O)C1(C)CCNC1. The molecule has 2 heteroatoms. The molecule has 0 aromatic carbocycles. The van der Waals surface area contributed by atoms with E-state index in [1.54, 1.807) is 0 Å². The normalized spacial score (nSPS) is 32.1. The summed E-state index contributed by atoms with van der Waals surface area (Å²) in [6.07, 6.45) is 2.37. The largest absolute Gasteiger partial charge is 0.316 e. The molecule has 10 heavy (non-hydrogen) atoms. The Morgan fingerprint density at radius 2 is 2.50 bits per heavy atom. The second-order valence-electron chi connectivity index (χ2n) is 3.06. The van der Waals surface area contributed by atoms with Gasteiger partial charge in [-0.1, -0.05) is 13.5 Å². The highest BCUT2D eigenvalue weighted by Crippen LogP contribution is 2.25. The fourth-order valence-corrected chi connectivity index (χ4v) is 1.27. The van der Waals surface area contributed by atoms with Gasteiger partial charge in [0, 0.05) is 12.0 Å². The monoisotopic (exact) mass is 139 g/mol. The van der Waals surface area contributed by atoms with Crippen LogP contribution in [0.5, 0.6) is 0 Å². The number of rotatable bonds is 2. The quantitative estimate of drug-likeness (QED) is 0.572. The maximum atomic E-state index is 11.2. The third-order valence-corrected chi connectivity index (χ3v) is 2.15. The molecule has 1 aliphatic heterocycles. The van der Waals surface area contributed by atoms with Crippen LogP contribution < -0.4 is 5.32 Å². The Hall–Kier alpha value is -0.630. The smallest absolute Gasteiger partial charge is 0.162 e. The van der Waals surface area contributed by atoms with Gasteiger partial charge >= 0.3 is 0 Å². The minimum absolute atomic E-state index is 0.164. The van der Waals surface area contributed by atoms with Gasteiger partial charge < -0.3 is 5.32 Å². The summed E-state index contributed by atoms with van der Waals surface area (Å²) in [5, 5.41) is 3.16. The standard InChI is InChI=1S/C8H13NO/c1-3-7(10)8(2)4-5-9-6-8/h3,9H,1,4-6H2,2H3. The lowest BCUT2D eigenvalue weighted by Gasteiger charge is -2.17. The van der Waals surface area contributed by atoms with Crippen LogP contribution >= 0.6 is 0 Å². The van der Waals surface area contributed by atoms with E-state index >= 15 is 0 Å². The zero-order chi connectivity index (χ0) is 7.61. The van der Waals surface area contributed by atoms with Gasteiger partial charge in [-0.05, 0) is 19.0 Å². The second kappa shape index (κ2) is 2.54. The van der Waals surface area contributed by atoms with Crippen LogP contribution in [0.15, 0.2) is 12.7 Å². The lowest BCUT2D eigenvalue weighted by molar-refractivity contribution is -0.122. The van der Waals surface area contributed by atoms with E-state index in [1.165, 1.54) is 6.08 Å². The van der Waals surface area contributed by atoms with Crippen molar-refractivity contribution in [3.05, 3.63) is 12.7 Å². The topological polar surface area (TPSA) is 29.1 Å². The summed E-state index contributed by atoms with van der Waals surface area (Å²) < 4.78 is 0. The van der Waals surface area contributed by atoms with Gasteiger partial charge in [-0.25, -0.2) is 0 Å². The Kier molecular flexibility index (Phi) is 1.90. The molecule has 0 radical (unpaired) electrons. The Labute approximate surface area is 61.3 Å². The molecule has 1 heterocycles. The number of hydrogen-bond acceptors (Lipinski definition) is 2. The molecular weight excluding hydrogens is 126 g/mol. The Morgan fingerprint density at radius 3 is 2.90 bits per heavy atom. The van der Waals surface area contributed by atoms with Crippen molar-refractivity contribution in [2.75, 3.05) is 13.1 Å². The van der Waals surface area contributed by atoms with Gasteiger partial charge in [0.05, 0.1) is 0 Å². The molecule has 0 bridgehead atoms. The molecule has 1 unspecified atom stereocenters. The van der Waals surface area contributed by atoms with E-state index in [9.17, 15) is 4.79 Å². The van der Waals surface area contributed by atoms with Crippen LogP contribution in [0, 0.1) is 5.41 Å². The molecule has 2 nitrogen and oxygen atoms in total. The molecule has 1 fully saturated rings. The predicted molar refractivity (Wildman–Crippen MR) is 40.8 cm³/mol. The lowest BCUT2D eigenvalue weighted by atomic mass is 9.85. The Morgan fingerprint density at radius 1 is 1.80 bits per heavy atom. The number of allylic oxidation sites excluding steroid dienone is 1. The number of ketones is 1. The predicted octanol–water partition coefficient (Wildman–Crippen LogP) is 0.741. The average molecular weight is 139 g/mol. The second-order valence-corrected chi connectivity index (χ2v) is 3.06. The van der Waals surface area contributed by atoms with Gasteiger partial charge in [0.15, 0.2) is 5.78 Å². The first-order chi connectivity index (χ1) is 4.69. The molecule has 56 valence electrons. The van der Waals surface area contributed by atoms with E-state index in [1.807, 2.05) is 6.92 Å². The zero-order valence-corrected chi connectivity index (χ0v) is 6.31. The van der Waals surface area contributed by atoms with Crippen molar-refractivity contribution in [2.45, 2.75) is 13.3 Å². The summed E-state index contributed by atoms with van der Waals surface area (Å²) in [6, 6.07) is 0. The highest BCUT2D eigenvalue weighted by molar-refractivity contribution is 5.94. The van der Waals surface area contributed by atoms with E-state index in [0.29, 0.717) is 0 Å². The van der Waals surface area contributed by atoms with Crippen molar-refractivity contribution >= 4 is 5.78 Å². The Bertz CT molecular complexity index is 157. The van der Waals surface area contributed by atoms with Gasteiger partial charge in [-0.15, -0.1) is 0 Å². The minimum atomic E-state index is -0.165. The zero-order valence-electron chi connectivity index (χ0n) is 6.31. The molecule has 1 aliphatic rings. The van der Waals surface area contributed by atoms with Crippen LogP contribution in [0.3, 0.4) is 0 Å². The van der Waals surface area contributed by atoms with Crippen LogP contribution in [0.1, 0.15) is 13.3 Å². The van der Waals surface area contributed by atoms with E-state index < -0.39 is 0 Å². The number of carbonyl (C=O) groups is 1. The molecule has 1 rings (SSSR count). The van der Waals surface area contributed by atoms with Gasteiger partial charge in [-0.2, -0.15) is 0 Å². The van der Waals surface area contributed by atoms with Gasteiger partial charge in [0.25, 0.3) is 0 Å². The van der Waals surface area contributed by atoms with Crippen molar-refractivity contribution in [2.24, 2.45) is 5.41 Å². The fourth-order valence-electron chi connectivity index (χ4n) is 1.27. The first kappa shape index (κ1) is 7.48. The van der Waals surface area contributed by atoms with Crippen LogP contribution in [0.25, 0.3) is 0 Å². The summed E-state index contributed by atoms with van der Waals surface area (Å²) in [6.45, 7) is 7.21. The summed E-state index contributed by atoms with van der Waals surface area (Å²) in [5.41, 5.74) is -0.165. The van der Waals surface area contributed by atoms with Crippen molar-refractivity contribution in [1.29, 1.82) is 0 Å². The van der Waals surface area contributed by atoms with Crippen LogP contribution in [0.4, 0.5) is 0 Å². The molecule has 0 aromatic rings. The molecule has 0 amide bonds. The van der Waals surface area contributed by atoms with Crippen LogP contribution in [0.2, 0.25) is 0 Å². The van der Waals surface area contributed by atoms with Crippen LogP contribution in [-0.2, 0) is 4.79 Å². The average Bonchev–Trinajstić information content (AvgIpc) is 2.36. The third kappa shape index (κ3) is 1.12. The maximum absolute atomic E-state index is 11.2. The van der Waals surface area contributed by atoms with Crippen molar-refractivity contribution in [3.63, 3.8) is 0 Å². The molecule has 0 aromatic heterocycles. The highest BCUT2D eigenvalue weighted by Gasteiger charge is 2.33. The van der Waals surface area contributed by atoms with E-state index in [0.717, 1.165) is 19.5 Å².